The molecule has 0 spiro atoms. The van der Waals surface area contributed by atoms with E-state index in [0.717, 1.165) is 0 Å². The highest BCUT2D eigenvalue weighted by Crippen LogP contribution is 2.26. The van der Waals surface area contributed by atoms with E-state index in [4.69, 9.17) is 30.4 Å². The number of carbonyl (C=O) groups excluding carboxylic acids is 4. The largest absolute Gasteiger partial charge is 0.458 e. The van der Waals surface area contributed by atoms with Gasteiger partial charge in [-0.25, -0.2) is 9.59 Å². The zero-order chi connectivity index (χ0) is 31.2. The molecule has 0 bridgehead atoms. The van der Waals surface area contributed by atoms with Crippen molar-refractivity contribution in [1.82, 2.24) is 0 Å². The van der Waals surface area contributed by atoms with E-state index in [-0.39, 0.29) is 31.5 Å². The molecule has 0 heterocycles. The molecule has 10 nitrogen and oxygen atoms in total. The predicted octanol–water partition coefficient (Wildman–Crippen LogP) is 3.46. The second-order valence-corrected chi connectivity index (χ2v) is 10.6. The highest BCUT2D eigenvalue weighted by Gasteiger charge is 2.45. The van der Waals surface area contributed by atoms with E-state index in [0.29, 0.717) is 11.1 Å². The van der Waals surface area contributed by atoms with Crippen LogP contribution in [0.1, 0.15) is 45.2 Å². The zero-order valence-corrected chi connectivity index (χ0v) is 24.6. The molecular weight excluding hydrogens is 540 g/mol. The van der Waals surface area contributed by atoms with Crippen LogP contribution in [0.4, 0.5) is 0 Å². The first kappa shape index (κ1) is 34.2. The van der Waals surface area contributed by atoms with Gasteiger partial charge in [0.1, 0.15) is 25.3 Å². The van der Waals surface area contributed by atoms with Gasteiger partial charge in [0.2, 0.25) is 12.2 Å². The van der Waals surface area contributed by atoms with Crippen LogP contribution in [0, 0.1) is 17.8 Å². The summed E-state index contributed by atoms with van der Waals surface area (Å²) in [7, 11) is 0. The Kier molecular flexibility index (Phi) is 13.9. The van der Waals surface area contributed by atoms with Crippen molar-refractivity contribution in [3.63, 3.8) is 0 Å². The van der Waals surface area contributed by atoms with Crippen LogP contribution in [0.25, 0.3) is 0 Å². The first-order chi connectivity index (χ1) is 20.0. The number of rotatable bonds is 16. The Balaban J connectivity index is 2.47. The van der Waals surface area contributed by atoms with Gasteiger partial charge >= 0.3 is 23.9 Å². The van der Waals surface area contributed by atoms with Crippen molar-refractivity contribution in [1.29, 1.82) is 0 Å². The third kappa shape index (κ3) is 10.4. The molecule has 42 heavy (non-hydrogen) atoms. The van der Waals surface area contributed by atoms with E-state index >= 15 is 0 Å². The summed E-state index contributed by atoms with van der Waals surface area (Å²) in [6.45, 7) is 10.3. The van der Waals surface area contributed by atoms with Crippen LogP contribution in [0.3, 0.4) is 0 Å². The van der Waals surface area contributed by atoms with Gasteiger partial charge in [0.25, 0.3) is 0 Å². The van der Waals surface area contributed by atoms with E-state index in [1.807, 2.05) is 12.1 Å². The van der Waals surface area contributed by atoms with Crippen LogP contribution < -0.4 is 11.5 Å². The van der Waals surface area contributed by atoms with Gasteiger partial charge in [-0.05, 0) is 29.4 Å². The molecular formula is C32H42N2O8. The Labute approximate surface area is 247 Å². The fourth-order valence-corrected chi connectivity index (χ4v) is 3.79. The minimum Gasteiger partial charge on any atom is -0.458 e. The molecule has 0 radical (unpaired) electrons. The maximum Gasteiger partial charge on any atom is 0.348 e. The number of ether oxygens (including phenoxy) is 4. The number of allylic oxidation sites excluding steroid dienone is 1. The molecule has 0 saturated carbocycles. The molecule has 228 valence electrons. The summed E-state index contributed by atoms with van der Waals surface area (Å²) < 4.78 is 22.2. The molecule has 0 aliphatic carbocycles. The molecule has 2 rings (SSSR count). The monoisotopic (exact) mass is 582 g/mol. The van der Waals surface area contributed by atoms with Crippen LogP contribution in [0.2, 0.25) is 0 Å². The number of nitrogens with two attached hydrogens (primary N) is 2. The molecule has 0 fully saturated rings. The maximum atomic E-state index is 13.5. The summed E-state index contributed by atoms with van der Waals surface area (Å²) in [5.74, 6) is -5.58. The standard InChI is InChI=1S/C32H42N2O8/c1-6-13-24(27(41-29(35)25(33)20(2)3)31(37)39-18-22-14-9-7-10-15-22)28(42-30(36)26(34)21(4)5)32(38)40-19-23-16-11-8-12-17-23/h6-12,14-17,20-21,24-28H,1,13,18-19,33-34H2,2-5H3/t24?,25-,26-,27?,28?/m0/s1. The molecule has 0 aliphatic heterocycles. The normalized spacial score (nSPS) is 14.7. The predicted molar refractivity (Wildman–Crippen MR) is 156 cm³/mol. The highest BCUT2D eigenvalue weighted by molar-refractivity contribution is 5.85. The number of esters is 4. The Bertz CT molecular complexity index is 1080. The lowest BCUT2D eigenvalue weighted by atomic mass is 9.91. The van der Waals surface area contributed by atoms with Crippen LogP contribution >= 0.6 is 0 Å². The average Bonchev–Trinajstić information content (AvgIpc) is 2.99. The van der Waals surface area contributed by atoms with Gasteiger partial charge in [-0.15, -0.1) is 6.58 Å². The Morgan fingerprint density at radius 3 is 1.33 bits per heavy atom. The first-order valence-electron chi connectivity index (χ1n) is 13.9. The summed E-state index contributed by atoms with van der Waals surface area (Å²) in [5, 5.41) is 0. The molecule has 2 aromatic rings. The van der Waals surface area contributed by atoms with Crippen LogP contribution in [-0.4, -0.2) is 48.2 Å². The van der Waals surface area contributed by atoms with E-state index < -0.39 is 54.1 Å². The van der Waals surface area contributed by atoms with Crippen molar-refractivity contribution in [2.45, 2.75) is 71.6 Å². The van der Waals surface area contributed by atoms with Crippen LogP contribution in [-0.2, 0) is 51.3 Å². The number of hydrogen-bond donors (Lipinski definition) is 2. The molecule has 0 aromatic heterocycles. The van der Waals surface area contributed by atoms with Gasteiger partial charge < -0.3 is 30.4 Å². The van der Waals surface area contributed by atoms with E-state index in [2.05, 4.69) is 6.58 Å². The molecule has 4 atom stereocenters. The van der Waals surface area contributed by atoms with Crippen molar-refractivity contribution in [3.05, 3.63) is 84.4 Å². The third-order valence-electron chi connectivity index (χ3n) is 6.60. The quantitative estimate of drug-likeness (QED) is 0.171. The molecule has 10 heteroatoms. The molecule has 2 aromatic carbocycles. The van der Waals surface area contributed by atoms with E-state index in [9.17, 15) is 19.2 Å². The van der Waals surface area contributed by atoms with Gasteiger partial charge in [0.05, 0.1) is 5.92 Å². The van der Waals surface area contributed by atoms with Gasteiger partial charge in [0.15, 0.2) is 0 Å². The minimum absolute atomic E-state index is 0.0927. The lowest BCUT2D eigenvalue weighted by molar-refractivity contribution is -0.188. The lowest BCUT2D eigenvalue weighted by Gasteiger charge is -2.31. The molecule has 0 aliphatic rings. The molecule has 0 saturated heterocycles. The smallest absolute Gasteiger partial charge is 0.348 e. The maximum absolute atomic E-state index is 13.5. The summed E-state index contributed by atoms with van der Waals surface area (Å²) in [6.07, 6.45) is -2.07. The fraction of sp³-hybridized carbons (Fsp3) is 0.438. The van der Waals surface area contributed by atoms with E-state index in [1.54, 1.807) is 76.2 Å². The van der Waals surface area contributed by atoms with Crippen molar-refractivity contribution >= 4 is 23.9 Å². The number of benzene rings is 2. The van der Waals surface area contributed by atoms with Gasteiger partial charge in [-0.1, -0.05) is 94.4 Å². The van der Waals surface area contributed by atoms with Crippen molar-refractivity contribution in [2.24, 2.45) is 29.2 Å². The van der Waals surface area contributed by atoms with Crippen LogP contribution in [0.5, 0.6) is 0 Å². The zero-order valence-electron chi connectivity index (χ0n) is 24.6. The second-order valence-electron chi connectivity index (χ2n) is 10.6. The first-order valence-corrected chi connectivity index (χ1v) is 13.9. The van der Waals surface area contributed by atoms with Crippen LogP contribution in [0.15, 0.2) is 73.3 Å². The Morgan fingerprint density at radius 2 is 1.02 bits per heavy atom. The fourth-order valence-electron chi connectivity index (χ4n) is 3.79. The Morgan fingerprint density at radius 1 is 0.667 bits per heavy atom. The third-order valence-corrected chi connectivity index (χ3v) is 6.60. The molecule has 0 amide bonds. The molecule has 2 unspecified atom stereocenters. The average molecular weight is 583 g/mol. The van der Waals surface area contributed by atoms with E-state index in [1.165, 1.54) is 6.08 Å². The highest BCUT2D eigenvalue weighted by atomic mass is 16.6. The lowest BCUT2D eigenvalue weighted by Crippen LogP contribution is -2.51. The van der Waals surface area contributed by atoms with Crippen molar-refractivity contribution in [2.75, 3.05) is 0 Å². The van der Waals surface area contributed by atoms with Gasteiger partial charge in [0, 0.05) is 0 Å². The van der Waals surface area contributed by atoms with Gasteiger partial charge in [-0.3, -0.25) is 9.59 Å². The minimum atomic E-state index is -1.69. The Hall–Kier alpha value is -4.02. The summed E-state index contributed by atoms with van der Waals surface area (Å²) in [4.78, 5) is 53.0. The van der Waals surface area contributed by atoms with Gasteiger partial charge in [-0.2, -0.15) is 0 Å². The topological polar surface area (TPSA) is 157 Å². The van der Waals surface area contributed by atoms with Crippen molar-refractivity contribution in [3.8, 4) is 0 Å². The van der Waals surface area contributed by atoms with Crippen molar-refractivity contribution < 1.29 is 38.1 Å². The SMILES string of the molecule is C=CCC(C(OC(=O)[C@@H](N)C(C)C)C(=O)OCc1ccccc1)C(OC(=O)[C@@H](N)C(C)C)C(=O)OCc1ccccc1. The summed E-state index contributed by atoms with van der Waals surface area (Å²) in [5.41, 5.74) is 13.4. The molecule has 4 N–H and O–H groups in total. The number of carbonyl (C=O) groups is 4. The summed E-state index contributed by atoms with van der Waals surface area (Å²) >= 11 is 0. The summed E-state index contributed by atoms with van der Waals surface area (Å²) in [6, 6.07) is 15.6. The second kappa shape index (κ2) is 17.1. The number of hydrogen-bond acceptors (Lipinski definition) is 10.